The fourth-order valence-corrected chi connectivity index (χ4v) is 1.33. The Labute approximate surface area is 83.8 Å². The minimum atomic E-state index is -0.592. The number of methoxy groups -OCH3 is 2. The standard InChI is InChI=1S/C8H9BrFNO2/c1-12-5-3-4(9)7(11)8(13-2)6(5)10/h3H,11H2,1-2H3. The molecule has 3 nitrogen and oxygen atoms in total. The Hall–Kier alpha value is -0.970. The third kappa shape index (κ3) is 1.70. The Morgan fingerprint density at radius 3 is 2.46 bits per heavy atom. The Balaban J connectivity index is 3.39. The molecule has 0 saturated heterocycles. The first-order valence-corrected chi connectivity index (χ1v) is 4.26. The van der Waals surface area contributed by atoms with E-state index in [9.17, 15) is 4.39 Å². The molecule has 72 valence electrons. The van der Waals surface area contributed by atoms with E-state index in [1.54, 1.807) is 0 Å². The predicted molar refractivity (Wildman–Crippen MR) is 51.6 cm³/mol. The van der Waals surface area contributed by atoms with Crippen LogP contribution in [0, 0.1) is 5.82 Å². The van der Waals surface area contributed by atoms with Crippen molar-refractivity contribution < 1.29 is 13.9 Å². The molecule has 0 unspecified atom stereocenters. The van der Waals surface area contributed by atoms with Crippen molar-refractivity contribution in [3.63, 3.8) is 0 Å². The fourth-order valence-electron chi connectivity index (χ4n) is 0.943. The van der Waals surface area contributed by atoms with Crippen molar-refractivity contribution in [2.75, 3.05) is 20.0 Å². The first-order valence-electron chi connectivity index (χ1n) is 3.47. The van der Waals surface area contributed by atoms with Gasteiger partial charge in [-0.25, -0.2) is 0 Å². The molecule has 0 amide bonds. The van der Waals surface area contributed by atoms with Crippen molar-refractivity contribution in [2.24, 2.45) is 0 Å². The van der Waals surface area contributed by atoms with Crippen LogP contribution in [0.3, 0.4) is 0 Å². The van der Waals surface area contributed by atoms with Gasteiger partial charge in [-0.1, -0.05) is 0 Å². The lowest BCUT2D eigenvalue weighted by Gasteiger charge is -2.10. The minimum absolute atomic E-state index is 0.00812. The van der Waals surface area contributed by atoms with Crippen LogP contribution in [-0.4, -0.2) is 14.2 Å². The monoisotopic (exact) mass is 249 g/mol. The van der Waals surface area contributed by atoms with Gasteiger partial charge in [-0.15, -0.1) is 0 Å². The van der Waals surface area contributed by atoms with Gasteiger partial charge in [-0.2, -0.15) is 4.39 Å². The lowest BCUT2D eigenvalue weighted by atomic mass is 10.2. The molecule has 0 saturated carbocycles. The molecule has 0 aromatic heterocycles. The average Bonchev–Trinajstić information content (AvgIpc) is 2.12. The van der Waals surface area contributed by atoms with Gasteiger partial charge < -0.3 is 15.2 Å². The maximum atomic E-state index is 13.4. The SMILES string of the molecule is COc1cc(Br)c(N)c(OC)c1F. The molecule has 0 bridgehead atoms. The van der Waals surface area contributed by atoms with Crippen LogP contribution in [-0.2, 0) is 0 Å². The summed E-state index contributed by atoms with van der Waals surface area (Å²) in [7, 11) is 2.72. The van der Waals surface area contributed by atoms with Crippen LogP contribution in [0.2, 0.25) is 0 Å². The number of nitrogen functional groups attached to an aromatic ring is 1. The molecular formula is C8H9BrFNO2. The molecule has 2 N–H and O–H groups in total. The fraction of sp³-hybridized carbons (Fsp3) is 0.250. The molecule has 1 aromatic rings. The lowest BCUT2D eigenvalue weighted by molar-refractivity contribution is 0.351. The molecule has 0 aliphatic heterocycles. The second-order valence-corrected chi connectivity index (χ2v) is 3.18. The first-order chi connectivity index (χ1) is 6.11. The van der Waals surface area contributed by atoms with Gasteiger partial charge in [0.1, 0.15) is 0 Å². The van der Waals surface area contributed by atoms with Gasteiger partial charge in [0.05, 0.1) is 19.9 Å². The van der Waals surface area contributed by atoms with Crippen LogP contribution in [0.15, 0.2) is 10.5 Å². The van der Waals surface area contributed by atoms with E-state index >= 15 is 0 Å². The van der Waals surface area contributed by atoms with Crippen LogP contribution < -0.4 is 15.2 Å². The summed E-state index contributed by atoms with van der Waals surface area (Å²) in [5, 5.41) is 0. The number of benzene rings is 1. The topological polar surface area (TPSA) is 44.5 Å². The number of anilines is 1. The van der Waals surface area contributed by atoms with E-state index in [4.69, 9.17) is 15.2 Å². The summed E-state index contributed by atoms with van der Waals surface area (Å²) in [5.74, 6) is -0.505. The van der Waals surface area contributed by atoms with E-state index in [1.807, 2.05) is 0 Å². The number of hydrogen-bond donors (Lipinski definition) is 1. The quantitative estimate of drug-likeness (QED) is 0.818. The molecule has 13 heavy (non-hydrogen) atoms. The third-order valence-electron chi connectivity index (χ3n) is 1.60. The molecule has 5 heteroatoms. The highest BCUT2D eigenvalue weighted by Crippen LogP contribution is 2.38. The summed E-state index contributed by atoms with van der Waals surface area (Å²) in [6.07, 6.45) is 0. The zero-order valence-corrected chi connectivity index (χ0v) is 8.81. The van der Waals surface area contributed by atoms with Crippen LogP contribution in [0.25, 0.3) is 0 Å². The zero-order valence-electron chi connectivity index (χ0n) is 7.23. The highest BCUT2D eigenvalue weighted by Gasteiger charge is 2.16. The summed E-state index contributed by atoms with van der Waals surface area (Å²) in [5.41, 5.74) is 5.77. The zero-order chi connectivity index (χ0) is 10.0. The number of nitrogens with two attached hydrogens (primary N) is 1. The van der Waals surface area contributed by atoms with Crippen LogP contribution in [0.4, 0.5) is 10.1 Å². The Morgan fingerprint density at radius 2 is 2.00 bits per heavy atom. The maximum absolute atomic E-state index is 13.4. The molecule has 0 aliphatic rings. The van der Waals surface area contributed by atoms with Crippen molar-refractivity contribution in [1.29, 1.82) is 0 Å². The maximum Gasteiger partial charge on any atom is 0.209 e. The van der Waals surface area contributed by atoms with Gasteiger partial charge >= 0.3 is 0 Å². The highest BCUT2D eigenvalue weighted by molar-refractivity contribution is 9.10. The largest absolute Gasteiger partial charge is 0.493 e. The third-order valence-corrected chi connectivity index (χ3v) is 2.26. The van der Waals surface area contributed by atoms with Crippen LogP contribution in [0.1, 0.15) is 0 Å². The minimum Gasteiger partial charge on any atom is -0.493 e. The van der Waals surface area contributed by atoms with Gasteiger partial charge in [0, 0.05) is 4.47 Å². The second-order valence-electron chi connectivity index (χ2n) is 2.32. The van der Waals surface area contributed by atoms with Crippen molar-refractivity contribution in [3.8, 4) is 11.5 Å². The molecule has 0 spiro atoms. The smallest absolute Gasteiger partial charge is 0.209 e. The second kappa shape index (κ2) is 3.83. The van der Waals surface area contributed by atoms with Crippen molar-refractivity contribution in [3.05, 3.63) is 16.4 Å². The molecule has 1 aromatic carbocycles. The van der Waals surface area contributed by atoms with Gasteiger partial charge in [-0.05, 0) is 22.0 Å². The predicted octanol–water partition coefficient (Wildman–Crippen LogP) is 2.19. The average molecular weight is 250 g/mol. The number of halogens is 2. The molecular weight excluding hydrogens is 241 g/mol. The number of ether oxygens (including phenoxy) is 2. The summed E-state index contributed by atoms with van der Waals surface area (Å²) in [4.78, 5) is 0. The molecule has 0 atom stereocenters. The van der Waals surface area contributed by atoms with Crippen molar-refractivity contribution in [1.82, 2.24) is 0 Å². The van der Waals surface area contributed by atoms with Crippen molar-refractivity contribution >= 4 is 21.6 Å². The normalized spacial score (nSPS) is 9.85. The van der Waals surface area contributed by atoms with E-state index in [1.165, 1.54) is 20.3 Å². The van der Waals surface area contributed by atoms with E-state index < -0.39 is 5.82 Å². The highest BCUT2D eigenvalue weighted by atomic mass is 79.9. The van der Waals surface area contributed by atoms with E-state index in [0.29, 0.717) is 4.47 Å². The number of rotatable bonds is 2. The summed E-state index contributed by atoms with van der Waals surface area (Å²) < 4.78 is 23.5. The Kier molecular flexibility index (Phi) is 2.98. The first kappa shape index (κ1) is 10.1. The van der Waals surface area contributed by atoms with Gasteiger partial charge in [0.25, 0.3) is 0 Å². The molecule has 0 radical (unpaired) electrons. The number of hydrogen-bond acceptors (Lipinski definition) is 3. The summed E-state index contributed by atoms with van der Waals surface area (Å²) >= 11 is 3.16. The van der Waals surface area contributed by atoms with Gasteiger partial charge in [0.2, 0.25) is 5.82 Å². The van der Waals surface area contributed by atoms with E-state index in [-0.39, 0.29) is 17.2 Å². The van der Waals surface area contributed by atoms with Gasteiger partial charge in [-0.3, -0.25) is 0 Å². The van der Waals surface area contributed by atoms with Gasteiger partial charge in [0.15, 0.2) is 11.5 Å². The lowest BCUT2D eigenvalue weighted by Crippen LogP contribution is -1.99. The molecule has 0 heterocycles. The van der Waals surface area contributed by atoms with Crippen LogP contribution in [0.5, 0.6) is 11.5 Å². The summed E-state index contributed by atoms with van der Waals surface area (Å²) in [6, 6.07) is 1.45. The van der Waals surface area contributed by atoms with E-state index in [2.05, 4.69) is 15.9 Å². The summed E-state index contributed by atoms with van der Waals surface area (Å²) in [6.45, 7) is 0. The van der Waals surface area contributed by atoms with E-state index in [0.717, 1.165) is 0 Å². The molecule has 0 fully saturated rings. The van der Waals surface area contributed by atoms with Crippen molar-refractivity contribution in [2.45, 2.75) is 0 Å². The Bertz CT molecular complexity index is 330. The molecule has 1 rings (SSSR count). The van der Waals surface area contributed by atoms with Crippen LogP contribution >= 0.6 is 15.9 Å². The molecule has 0 aliphatic carbocycles. The Morgan fingerprint density at radius 1 is 1.38 bits per heavy atom.